The number of hydrogen-bond acceptors (Lipinski definition) is 4. The second-order valence-electron chi connectivity index (χ2n) is 5.81. The predicted octanol–water partition coefficient (Wildman–Crippen LogP) is 2.09. The molecule has 1 aliphatic rings. The molecule has 3 N–H and O–H groups in total. The van der Waals surface area contributed by atoms with Gasteiger partial charge in [0.05, 0.1) is 0 Å². The molecule has 1 saturated heterocycles. The monoisotopic (exact) mass is 264 g/mol. The second kappa shape index (κ2) is 5.80. The first kappa shape index (κ1) is 14.2. The van der Waals surface area contributed by atoms with Crippen LogP contribution in [-0.4, -0.2) is 41.3 Å². The van der Waals surface area contributed by atoms with Gasteiger partial charge in [-0.25, -0.2) is 0 Å². The van der Waals surface area contributed by atoms with Crippen molar-refractivity contribution < 1.29 is 10.2 Å². The summed E-state index contributed by atoms with van der Waals surface area (Å²) in [6.07, 6.45) is 1.13. The maximum Gasteiger partial charge on any atom is 0.119 e. The Hall–Kier alpha value is -1.26. The molecule has 0 radical (unpaired) electrons. The van der Waals surface area contributed by atoms with E-state index in [-0.39, 0.29) is 17.5 Å². The van der Waals surface area contributed by atoms with Crippen molar-refractivity contribution in [3.05, 3.63) is 23.8 Å². The lowest BCUT2D eigenvalue weighted by molar-refractivity contribution is 0.168. The number of phenols is 2. The van der Waals surface area contributed by atoms with Crippen molar-refractivity contribution in [3.63, 3.8) is 0 Å². The summed E-state index contributed by atoms with van der Waals surface area (Å²) < 4.78 is 0. The van der Waals surface area contributed by atoms with Crippen LogP contribution in [0.3, 0.4) is 0 Å². The number of piperidine rings is 1. The van der Waals surface area contributed by atoms with Crippen LogP contribution in [0.15, 0.2) is 18.2 Å². The van der Waals surface area contributed by atoms with Gasteiger partial charge in [0, 0.05) is 24.7 Å². The lowest BCUT2D eigenvalue weighted by Gasteiger charge is -2.37. The second-order valence-corrected chi connectivity index (χ2v) is 5.81. The smallest absolute Gasteiger partial charge is 0.119 e. The van der Waals surface area contributed by atoms with E-state index in [0.717, 1.165) is 25.1 Å². The molecule has 1 aromatic carbocycles. The zero-order valence-electron chi connectivity index (χ0n) is 11.9. The Balaban J connectivity index is 2.02. The van der Waals surface area contributed by atoms with Crippen LogP contribution in [0.25, 0.3) is 0 Å². The molecule has 2 rings (SSSR count). The van der Waals surface area contributed by atoms with Crippen LogP contribution < -0.4 is 5.32 Å². The zero-order chi connectivity index (χ0) is 14.0. The van der Waals surface area contributed by atoms with Crippen molar-refractivity contribution in [2.45, 2.75) is 32.4 Å². The number of hydrogen-bond donors (Lipinski definition) is 3. The Morgan fingerprint density at radius 2 is 1.89 bits per heavy atom. The summed E-state index contributed by atoms with van der Waals surface area (Å²) in [5.41, 5.74) is 0.920. The van der Waals surface area contributed by atoms with E-state index >= 15 is 0 Å². The molecule has 1 aromatic rings. The van der Waals surface area contributed by atoms with Gasteiger partial charge in [0.1, 0.15) is 11.5 Å². The molecule has 0 aromatic heterocycles. The maximum atomic E-state index is 9.54. The van der Waals surface area contributed by atoms with Gasteiger partial charge >= 0.3 is 0 Å². The van der Waals surface area contributed by atoms with Crippen molar-refractivity contribution in [2.75, 3.05) is 20.1 Å². The van der Waals surface area contributed by atoms with Gasteiger partial charge in [-0.1, -0.05) is 6.92 Å². The molecular formula is C15H24N2O2. The fraction of sp³-hybridized carbons (Fsp3) is 0.600. The molecule has 0 amide bonds. The van der Waals surface area contributed by atoms with Gasteiger partial charge in [-0.3, -0.25) is 0 Å². The highest BCUT2D eigenvalue weighted by Gasteiger charge is 2.25. The minimum atomic E-state index is 0.111. The number of nitrogens with zero attached hydrogens (tertiary/aromatic N) is 1. The van der Waals surface area contributed by atoms with Gasteiger partial charge in [-0.05, 0) is 50.6 Å². The molecule has 106 valence electrons. The predicted molar refractivity (Wildman–Crippen MR) is 76.4 cm³/mol. The molecule has 1 aliphatic heterocycles. The van der Waals surface area contributed by atoms with Gasteiger partial charge in [-0.2, -0.15) is 0 Å². The Bertz CT molecular complexity index is 416. The van der Waals surface area contributed by atoms with E-state index in [1.807, 2.05) is 0 Å². The lowest BCUT2D eigenvalue weighted by atomic mass is 9.92. The van der Waals surface area contributed by atoms with Crippen LogP contribution in [-0.2, 0) is 0 Å². The zero-order valence-corrected chi connectivity index (χ0v) is 11.9. The van der Waals surface area contributed by atoms with Crippen molar-refractivity contribution in [1.82, 2.24) is 10.2 Å². The summed E-state index contributed by atoms with van der Waals surface area (Å²) in [6.45, 7) is 6.55. The standard InChI is InChI=1S/C15H24N2O2/c1-10-9-17(3)5-4-15(10)16-11(2)12-6-13(18)8-14(19)7-12/h6-8,10-11,15-16,18-19H,4-5,9H2,1-3H3. The first-order valence-corrected chi connectivity index (χ1v) is 6.93. The van der Waals surface area contributed by atoms with Gasteiger partial charge in [-0.15, -0.1) is 0 Å². The van der Waals surface area contributed by atoms with Crippen molar-refractivity contribution in [1.29, 1.82) is 0 Å². The van der Waals surface area contributed by atoms with Gasteiger partial charge < -0.3 is 20.4 Å². The third kappa shape index (κ3) is 3.61. The molecule has 4 nitrogen and oxygen atoms in total. The fourth-order valence-electron chi connectivity index (χ4n) is 2.89. The highest BCUT2D eigenvalue weighted by Crippen LogP contribution is 2.26. The number of rotatable bonds is 3. The number of likely N-dealkylation sites (tertiary alicyclic amines) is 1. The maximum absolute atomic E-state index is 9.54. The Labute approximate surface area is 115 Å². The summed E-state index contributed by atoms with van der Waals surface area (Å²) >= 11 is 0. The minimum Gasteiger partial charge on any atom is -0.508 e. The summed E-state index contributed by atoms with van der Waals surface area (Å²) in [4.78, 5) is 2.35. The van der Waals surface area contributed by atoms with E-state index < -0.39 is 0 Å². The van der Waals surface area contributed by atoms with Gasteiger partial charge in [0.25, 0.3) is 0 Å². The number of benzene rings is 1. The largest absolute Gasteiger partial charge is 0.508 e. The van der Waals surface area contributed by atoms with Crippen molar-refractivity contribution in [3.8, 4) is 11.5 Å². The first-order chi connectivity index (χ1) is 8.95. The van der Waals surface area contributed by atoms with E-state index in [1.165, 1.54) is 6.07 Å². The van der Waals surface area contributed by atoms with E-state index in [1.54, 1.807) is 12.1 Å². The molecule has 3 atom stereocenters. The number of phenolic OH excluding ortho intramolecular Hbond substituents is 2. The molecular weight excluding hydrogens is 240 g/mol. The third-order valence-electron chi connectivity index (χ3n) is 4.00. The average Bonchev–Trinajstić information content (AvgIpc) is 2.31. The third-order valence-corrected chi connectivity index (χ3v) is 4.00. The van der Waals surface area contributed by atoms with E-state index in [2.05, 4.69) is 31.1 Å². The summed E-state index contributed by atoms with van der Waals surface area (Å²) in [6, 6.07) is 5.37. The van der Waals surface area contributed by atoms with E-state index in [4.69, 9.17) is 0 Å². The van der Waals surface area contributed by atoms with Gasteiger partial charge in [0.2, 0.25) is 0 Å². The molecule has 1 heterocycles. The van der Waals surface area contributed by atoms with E-state index in [0.29, 0.717) is 12.0 Å². The van der Waals surface area contributed by atoms with Crippen molar-refractivity contribution in [2.24, 2.45) is 5.92 Å². The highest BCUT2D eigenvalue weighted by molar-refractivity contribution is 5.38. The summed E-state index contributed by atoms with van der Waals surface area (Å²) in [7, 11) is 2.16. The molecule has 4 heteroatoms. The molecule has 0 aliphatic carbocycles. The van der Waals surface area contributed by atoms with Crippen LogP contribution in [0, 0.1) is 5.92 Å². The fourth-order valence-corrected chi connectivity index (χ4v) is 2.89. The average molecular weight is 264 g/mol. The molecule has 0 bridgehead atoms. The molecule has 1 fully saturated rings. The number of nitrogens with one attached hydrogen (secondary N) is 1. The summed E-state index contributed by atoms with van der Waals surface area (Å²) in [5.74, 6) is 0.826. The minimum absolute atomic E-state index is 0.111. The molecule has 3 unspecified atom stereocenters. The van der Waals surface area contributed by atoms with Crippen LogP contribution >= 0.6 is 0 Å². The quantitative estimate of drug-likeness (QED) is 0.782. The molecule has 0 saturated carbocycles. The lowest BCUT2D eigenvalue weighted by Crippen LogP contribution is -2.47. The topological polar surface area (TPSA) is 55.7 Å². The van der Waals surface area contributed by atoms with Crippen LogP contribution in [0.1, 0.15) is 31.9 Å². The van der Waals surface area contributed by atoms with Crippen molar-refractivity contribution >= 4 is 0 Å². The van der Waals surface area contributed by atoms with Gasteiger partial charge in [0.15, 0.2) is 0 Å². The van der Waals surface area contributed by atoms with Crippen LogP contribution in [0.4, 0.5) is 0 Å². The van der Waals surface area contributed by atoms with Crippen LogP contribution in [0.2, 0.25) is 0 Å². The SMILES string of the molecule is CC(NC1CCN(C)CC1C)c1cc(O)cc(O)c1. The molecule has 0 spiro atoms. The van der Waals surface area contributed by atoms with E-state index in [9.17, 15) is 10.2 Å². The molecule has 19 heavy (non-hydrogen) atoms. The summed E-state index contributed by atoms with van der Waals surface area (Å²) in [5, 5.41) is 22.7. The number of aromatic hydroxyl groups is 2. The Morgan fingerprint density at radius 3 is 2.47 bits per heavy atom. The first-order valence-electron chi connectivity index (χ1n) is 6.93. The Morgan fingerprint density at radius 1 is 1.26 bits per heavy atom. The van der Waals surface area contributed by atoms with Crippen LogP contribution in [0.5, 0.6) is 11.5 Å². The Kier molecular flexibility index (Phi) is 4.32. The normalized spacial score (nSPS) is 26.3. The highest BCUT2D eigenvalue weighted by atomic mass is 16.3.